The maximum absolute atomic E-state index is 12.0. The van der Waals surface area contributed by atoms with Crippen LogP contribution >= 0.6 is 0 Å². The van der Waals surface area contributed by atoms with Gasteiger partial charge < -0.3 is 8.98 Å². The first-order chi connectivity index (χ1) is 10.8. The minimum atomic E-state index is -0.232. The number of anilines is 1. The average molecular weight is 295 g/mol. The lowest BCUT2D eigenvalue weighted by Crippen LogP contribution is -2.13. The van der Waals surface area contributed by atoms with Crippen molar-refractivity contribution in [2.24, 2.45) is 0 Å². The molecule has 3 aromatic rings. The second-order valence-corrected chi connectivity index (χ2v) is 4.91. The van der Waals surface area contributed by atoms with Gasteiger partial charge in [0.25, 0.3) is 5.91 Å². The van der Waals surface area contributed by atoms with E-state index in [-0.39, 0.29) is 5.91 Å². The van der Waals surface area contributed by atoms with Gasteiger partial charge in [-0.05, 0) is 36.8 Å². The minimum Gasteiger partial charge on any atom is -0.465 e. The van der Waals surface area contributed by atoms with Gasteiger partial charge in [0.05, 0.1) is 17.3 Å². The fourth-order valence-corrected chi connectivity index (χ4v) is 2.32. The molecule has 1 amide bonds. The normalized spacial score (nSPS) is 11.3. The number of rotatable bonds is 5. The molecular weight excluding hydrogens is 278 g/mol. The predicted molar refractivity (Wildman–Crippen MR) is 86.4 cm³/mol. The van der Waals surface area contributed by atoms with Crippen LogP contribution in [0.25, 0.3) is 17.1 Å². The smallest absolute Gasteiger partial charge is 0.250 e. The zero-order chi connectivity index (χ0) is 15.4. The fourth-order valence-electron chi connectivity index (χ4n) is 2.32. The maximum Gasteiger partial charge on any atom is 0.250 e. The van der Waals surface area contributed by atoms with E-state index in [4.69, 9.17) is 4.42 Å². The summed E-state index contributed by atoms with van der Waals surface area (Å²) in [5.74, 6) is 0.971. The van der Waals surface area contributed by atoms with Crippen LogP contribution in [0.3, 0.4) is 0 Å². The zero-order valence-corrected chi connectivity index (χ0v) is 12.3. The van der Waals surface area contributed by atoms with Crippen LogP contribution < -0.4 is 5.32 Å². The summed E-state index contributed by atoms with van der Waals surface area (Å²) in [5, 5.41) is 2.83. The van der Waals surface area contributed by atoms with E-state index in [1.54, 1.807) is 24.5 Å². The number of hydrogen-bond acceptors (Lipinski definition) is 3. The third-order valence-corrected chi connectivity index (χ3v) is 3.28. The third kappa shape index (κ3) is 2.93. The Kier molecular flexibility index (Phi) is 4.05. The number of benzene rings is 1. The number of hydrogen-bond donors (Lipinski definition) is 1. The van der Waals surface area contributed by atoms with Crippen molar-refractivity contribution in [1.29, 1.82) is 0 Å². The van der Waals surface area contributed by atoms with Crippen LogP contribution in [0.5, 0.6) is 0 Å². The van der Waals surface area contributed by atoms with Crippen molar-refractivity contribution in [3.05, 3.63) is 54.5 Å². The largest absolute Gasteiger partial charge is 0.465 e. The zero-order valence-electron chi connectivity index (χ0n) is 12.3. The summed E-state index contributed by atoms with van der Waals surface area (Å²) in [6, 6.07) is 11.4. The second kappa shape index (κ2) is 6.30. The quantitative estimate of drug-likeness (QED) is 0.730. The van der Waals surface area contributed by atoms with Crippen molar-refractivity contribution in [1.82, 2.24) is 9.55 Å². The van der Waals surface area contributed by atoms with Gasteiger partial charge in [-0.25, -0.2) is 4.98 Å². The molecule has 0 aliphatic rings. The Bertz CT molecular complexity index is 801. The van der Waals surface area contributed by atoms with Crippen LogP contribution in [-0.2, 0) is 11.3 Å². The first-order valence-corrected chi connectivity index (χ1v) is 7.26. The van der Waals surface area contributed by atoms with Crippen molar-refractivity contribution in [3.8, 4) is 0 Å². The first kappa shape index (κ1) is 14.1. The van der Waals surface area contributed by atoms with Gasteiger partial charge in [-0.3, -0.25) is 10.1 Å². The van der Waals surface area contributed by atoms with Gasteiger partial charge in [0, 0.05) is 12.6 Å². The van der Waals surface area contributed by atoms with E-state index in [1.807, 2.05) is 28.8 Å². The number of fused-ring (bicyclic) bond motifs is 1. The molecule has 1 aromatic carbocycles. The van der Waals surface area contributed by atoms with E-state index < -0.39 is 0 Å². The van der Waals surface area contributed by atoms with Crippen LogP contribution in [0.4, 0.5) is 5.95 Å². The van der Waals surface area contributed by atoms with Crippen molar-refractivity contribution in [2.45, 2.75) is 19.9 Å². The molecule has 22 heavy (non-hydrogen) atoms. The van der Waals surface area contributed by atoms with Crippen LogP contribution in [0, 0.1) is 0 Å². The van der Waals surface area contributed by atoms with Gasteiger partial charge in [-0.15, -0.1) is 0 Å². The topological polar surface area (TPSA) is 60.1 Å². The Balaban J connectivity index is 1.83. The Morgan fingerprint density at radius 2 is 2.18 bits per heavy atom. The van der Waals surface area contributed by atoms with E-state index in [0.29, 0.717) is 11.7 Å². The van der Waals surface area contributed by atoms with Gasteiger partial charge in [0.15, 0.2) is 0 Å². The predicted octanol–water partition coefficient (Wildman–Crippen LogP) is 3.69. The molecule has 112 valence electrons. The van der Waals surface area contributed by atoms with E-state index in [2.05, 4.69) is 17.2 Å². The van der Waals surface area contributed by atoms with Crippen molar-refractivity contribution < 1.29 is 9.21 Å². The lowest BCUT2D eigenvalue weighted by molar-refractivity contribution is -0.111. The molecule has 1 N–H and O–H groups in total. The number of carbonyl (C=O) groups excluding carboxylic acids is 1. The highest BCUT2D eigenvalue weighted by Gasteiger charge is 2.11. The molecule has 3 rings (SSSR count). The van der Waals surface area contributed by atoms with Crippen molar-refractivity contribution >= 4 is 29.0 Å². The molecule has 0 radical (unpaired) electrons. The molecule has 0 bridgehead atoms. The molecule has 5 heteroatoms. The number of para-hydroxylation sites is 2. The molecule has 0 aliphatic carbocycles. The fraction of sp³-hybridized carbons (Fsp3) is 0.176. The molecular formula is C17H17N3O2. The van der Waals surface area contributed by atoms with E-state index in [1.165, 1.54) is 6.08 Å². The monoisotopic (exact) mass is 295 g/mol. The van der Waals surface area contributed by atoms with Crippen molar-refractivity contribution in [2.75, 3.05) is 5.32 Å². The summed E-state index contributed by atoms with van der Waals surface area (Å²) in [7, 11) is 0. The first-order valence-electron chi connectivity index (χ1n) is 7.26. The van der Waals surface area contributed by atoms with Crippen LogP contribution in [0.2, 0.25) is 0 Å². The molecule has 0 spiro atoms. The standard InChI is InChI=1S/C17H17N3O2/c1-2-11-20-15-8-4-3-7-14(15)18-17(20)19-16(21)10-9-13-6-5-12-22-13/h3-10,12H,2,11H2,1H3,(H,18,19,21). The van der Waals surface area contributed by atoms with E-state index in [9.17, 15) is 4.79 Å². The number of nitrogens with zero attached hydrogens (tertiary/aromatic N) is 2. The average Bonchev–Trinajstić information content (AvgIpc) is 3.14. The number of aromatic nitrogens is 2. The van der Waals surface area contributed by atoms with Gasteiger partial charge in [0.2, 0.25) is 5.95 Å². The highest BCUT2D eigenvalue weighted by Crippen LogP contribution is 2.20. The summed E-state index contributed by atoms with van der Waals surface area (Å²) in [5.41, 5.74) is 1.90. The molecule has 5 nitrogen and oxygen atoms in total. The number of imidazole rings is 1. The minimum absolute atomic E-state index is 0.232. The highest BCUT2D eigenvalue weighted by molar-refractivity contribution is 6.01. The van der Waals surface area contributed by atoms with Crippen LogP contribution in [0.15, 0.2) is 53.2 Å². The molecule has 0 saturated heterocycles. The number of nitrogens with one attached hydrogen (secondary N) is 1. The Morgan fingerprint density at radius 1 is 1.32 bits per heavy atom. The molecule has 0 atom stereocenters. The maximum atomic E-state index is 12.0. The summed E-state index contributed by atoms with van der Waals surface area (Å²) in [6.45, 7) is 2.90. The van der Waals surface area contributed by atoms with Crippen LogP contribution in [-0.4, -0.2) is 15.5 Å². The molecule has 2 heterocycles. The summed E-state index contributed by atoms with van der Waals surface area (Å²) in [6.07, 6.45) is 5.60. The highest BCUT2D eigenvalue weighted by atomic mass is 16.3. The molecule has 0 saturated carbocycles. The number of amides is 1. The summed E-state index contributed by atoms with van der Waals surface area (Å²) in [4.78, 5) is 16.5. The van der Waals surface area contributed by atoms with Gasteiger partial charge >= 0.3 is 0 Å². The van der Waals surface area contributed by atoms with Crippen molar-refractivity contribution in [3.63, 3.8) is 0 Å². The van der Waals surface area contributed by atoms with Gasteiger partial charge in [-0.1, -0.05) is 19.1 Å². The third-order valence-electron chi connectivity index (χ3n) is 3.28. The SMILES string of the molecule is CCCn1c(NC(=O)C=Cc2ccco2)nc2ccccc21. The molecule has 0 unspecified atom stereocenters. The number of aryl methyl sites for hydroxylation is 1. The summed E-state index contributed by atoms with van der Waals surface area (Å²) >= 11 is 0. The van der Waals surface area contributed by atoms with Gasteiger partial charge in [0.1, 0.15) is 5.76 Å². The Labute approximate surface area is 128 Å². The van der Waals surface area contributed by atoms with E-state index >= 15 is 0 Å². The molecule has 0 aliphatic heterocycles. The molecule has 0 fully saturated rings. The summed E-state index contributed by atoms with van der Waals surface area (Å²) < 4.78 is 7.18. The molecule has 2 aromatic heterocycles. The second-order valence-electron chi connectivity index (χ2n) is 4.91. The number of carbonyl (C=O) groups is 1. The Hall–Kier alpha value is -2.82. The van der Waals surface area contributed by atoms with Crippen LogP contribution in [0.1, 0.15) is 19.1 Å². The number of furan rings is 1. The lowest BCUT2D eigenvalue weighted by Gasteiger charge is -2.07. The van der Waals surface area contributed by atoms with E-state index in [0.717, 1.165) is 24.0 Å². The Morgan fingerprint density at radius 3 is 2.95 bits per heavy atom. The lowest BCUT2D eigenvalue weighted by atomic mass is 10.3. The van der Waals surface area contributed by atoms with Gasteiger partial charge in [-0.2, -0.15) is 0 Å².